The smallest absolute Gasteiger partial charge is 0.251 e. The standard InChI is InChI=1S/C26H34N2O3/c1-18(2)22(27-23(29)20-9-7-6-8-10-20)24(30)28-16-15-26(31,25(4,5)17-28)21-13-11-19(3)12-14-21/h6-14,18,22,31H,15-17H2,1-5H3,(H,27,29)/t22-,26?/m1/s1. The van der Waals surface area contributed by atoms with Crippen LogP contribution in [0.1, 0.15) is 55.6 Å². The average Bonchev–Trinajstić information content (AvgIpc) is 2.74. The summed E-state index contributed by atoms with van der Waals surface area (Å²) < 4.78 is 0. The van der Waals surface area contributed by atoms with Crippen molar-refractivity contribution >= 4 is 11.8 Å². The Kier molecular flexibility index (Phi) is 6.56. The lowest BCUT2D eigenvalue weighted by Gasteiger charge is -2.51. The van der Waals surface area contributed by atoms with E-state index < -0.39 is 17.1 Å². The zero-order valence-corrected chi connectivity index (χ0v) is 19.2. The predicted octanol–water partition coefficient (Wildman–Crippen LogP) is 3.90. The number of aryl methyl sites for hydroxylation is 1. The molecule has 0 saturated carbocycles. The maximum atomic E-state index is 13.4. The van der Waals surface area contributed by atoms with Crippen LogP contribution in [-0.2, 0) is 10.4 Å². The molecule has 0 bridgehead atoms. The lowest BCUT2D eigenvalue weighted by Crippen LogP contribution is -2.60. The van der Waals surface area contributed by atoms with Gasteiger partial charge >= 0.3 is 0 Å². The number of rotatable bonds is 5. The summed E-state index contributed by atoms with van der Waals surface area (Å²) >= 11 is 0. The Morgan fingerprint density at radius 2 is 1.65 bits per heavy atom. The van der Waals surface area contributed by atoms with Crippen molar-refractivity contribution in [3.8, 4) is 0 Å². The van der Waals surface area contributed by atoms with Crippen molar-refractivity contribution in [3.05, 3.63) is 71.3 Å². The van der Waals surface area contributed by atoms with Crippen molar-refractivity contribution in [2.75, 3.05) is 13.1 Å². The van der Waals surface area contributed by atoms with Crippen LogP contribution in [0.15, 0.2) is 54.6 Å². The van der Waals surface area contributed by atoms with Crippen LogP contribution in [-0.4, -0.2) is 41.0 Å². The van der Waals surface area contributed by atoms with Gasteiger partial charge in [0.25, 0.3) is 5.91 Å². The molecule has 0 radical (unpaired) electrons. The summed E-state index contributed by atoms with van der Waals surface area (Å²) in [6.07, 6.45) is 0.451. The minimum Gasteiger partial charge on any atom is -0.384 e. The third-order valence-corrected chi connectivity index (χ3v) is 6.55. The SMILES string of the molecule is Cc1ccc(C2(O)CCN(C(=O)[C@H](NC(=O)c3ccccc3)C(C)C)CC2(C)C)cc1. The Morgan fingerprint density at radius 3 is 2.19 bits per heavy atom. The average molecular weight is 423 g/mol. The molecule has 2 aromatic carbocycles. The number of hydrogen-bond donors (Lipinski definition) is 2. The topological polar surface area (TPSA) is 69.6 Å². The van der Waals surface area contributed by atoms with Gasteiger partial charge in [-0.3, -0.25) is 9.59 Å². The Labute approximate surface area is 185 Å². The summed E-state index contributed by atoms with van der Waals surface area (Å²) in [7, 11) is 0. The first-order valence-electron chi connectivity index (χ1n) is 11.0. The number of nitrogens with one attached hydrogen (secondary N) is 1. The van der Waals surface area contributed by atoms with Crippen LogP contribution in [0.25, 0.3) is 0 Å². The highest BCUT2D eigenvalue weighted by atomic mass is 16.3. The van der Waals surface area contributed by atoms with Crippen molar-refractivity contribution in [3.63, 3.8) is 0 Å². The lowest BCUT2D eigenvalue weighted by molar-refractivity contribution is -0.155. The van der Waals surface area contributed by atoms with Crippen LogP contribution in [0.5, 0.6) is 0 Å². The number of amides is 2. The van der Waals surface area contributed by atoms with Gasteiger partial charge in [-0.2, -0.15) is 0 Å². The molecule has 31 heavy (non-hydrogen) atoms. The molecule has 5 heteroatoms. The predicted molar refractivity (Wildman–Crippen MR) is 123 cm³/mol. The summed E-state index contributed by atoms with van der Waals surface area (Å²) in [6.45, 7) is 10.8. The third kappa shape index (κ3) is 4.67. The van der Waals surface area contributed by atoms with Gasteiger partial charge < -0.3 is 15.3 Å². The number of piperidine rings is 1. The Bertz CT molecular complexity index is 921. The van der Waals surface area contributed by atoms with Gasteiger partial charge in [-0.1, -0.05) is 75.7 Å². The molecule has 0 aliphatic carbocycles. The number of carbonyl (C=O) groups excluding carboxylic acids is 2. The van der Waals surface area contributed by atoms with Crippen LogP contribution >= 0.6 is 0 Å². The highest BCUT2D eigenvalue weighted by Crippen LogP contribution is 2.46. The quantitative estimate of drug-likeness (QED) is 0.768. The third-order valence-electron chi connectivity index (χ3n) is 6.55. The maximum Gasteiger partial charge on any atom is 0.251 e. The van der Waals surface area contributed by atoms with Crippen LogP contribution in [0, 0.1) is 18.3 Å². The zero-order valence-electron chi connectivity index (χ0n) is 19.2. The highest BCUT2D eigenvalue weighted by Gasteiger charge is 2.50. The normalized spacial score (nSPS) is 21.6. The second kappa shape index (κ2) is 8.83. The number of likely N-dealkylation sites (tertiary alicyclic amines) is 1. The molecular weight excluding hydrogens is 388 g/mol. The van der Waals surface area contributed by atoms with Crippen molar-refractivity contribution < 1.29 is 14.7 Å². The largest absolute Gasteiger partial charge is 0.384 e. The fraction of sp³-hybridized carbons (Fsp3) is 0.462. The van der Waals surface area contributed by atoms with E-state index in [9.17, 15) is 14.7 Å². The zero-order chi connectivity index (χ0) is 22.8. The van der Waals surface area contributed by atoms with E-state index in [-0.39, 0.29) is 17.7 Å². The van der Waals surface area contributed by atoms with Crippen molar-refractivity contribution in [2.24, 2.45) is 11.3 Å². The number of carbonyl (C=O) groups is 2. The van der Waals surface area contributed by atoms with Gasteiger partial charge in [0, 0.05) is 24.1 Å². The van der Waals surface area contributed by atoms with E-state index >= 15 is 0 Å². The van der Waals surface area contributed by atoms with Gasteiger partial charge in [0.05, 0.1) is 5.60 Å². The molecule has 1 aliphatic heterocycles. The van der Waals surface area contributed by atoms with Gasteiger partial charge in [0.2, 0.25) is 5.91 Å². The van der Waals surface area contributed by atoms with Crippen molar-refractivity contribution in [1.29, 1.82) is 0 Å². The van der Waals surface area contributed by atoms with Gasteiger partial charge in [-0.05, 0) is 37.0 Å². The second-order valence-corrected chi connectivity index (χ2v) is 9.68. The fourth-order valence-electron chi connectivity index (χ4n) is 4.40. The van der Waals surface area contributed by atoms with Gasteiger partial charge in [0.15, 0.2) is 0 Å². The lowest BCUT2D eigenvalue weighted by atomic mass is 9.66. The van der Waals surface area contributed by atoms with E-state index in [1.165, 1.54) is 0 Å². The minimum atomic E-state index is -1.02. The van der Waals surface area contributed by atoms with E-state index in [0.717, 1.165) is 11.1 Å². The van der Waals surface area contributed by atoms with E-state index in [1.807, 2.05) is 65.0 Å². The number of nitrogens with zero attached hydrogens (tertiary/aromatic N) is 1. The van der Waals surface area contributed by atoms with E-state index in [1.54, 1.807) is 29.2 Å². The molecule has 3 rings (SSSR count). The number of benzene rings is 2. The number of hydrogen-bond acceptors (Lipinski definition) is 3. The molecule has 1 saturated heterocycles. The Balaban J connectivity index is 1.77. The molecule has 2 aromatic rings. The molecule has 1 unspecified atom stereocenters. The monoisotopic (exact) mass is 422 g/mol. The summed E-state index contributed by atoms with van der Waals surface area (Å²) in [6, 6.07) is 16.3. The van der Waals surface area contributed by atoms with Crippen LogP contribution in [0.2, 0.25) is 0 Å². The molecule has 2 N–H and O–H groups in total. The Morgan fingerprint density at radius 1 is 1.03 bits per heavy atom. The molecule has 0 aromatic heterocycles. The molecule has 0 spiro atoms. The minimum absolute atomic E-state index is 0.0545. The highest BCUT2D eigenvalue weighted by molar-refractivity contribution is 5.97. The summed E-state index contributed by atoms with van der Waals surface area (Å²) in [4.78, 5) is 27.9. The van der Waals surface area contributed by atoms with Gasteiger partial charge in [-0.15, -0.1) is 0 Å². The van der Waals surface area contributed by atoms with E-state index in [0.29, 0.717) is 25.1 Å². The van der Waals surface area contributed by atoms with Crippen LogP contribution < -0.4 is 5.32 Å². The van der Waals surface area contributed by atoms with Crippen LogP contribution in [0.3, 0.4) is 0 Å². The molecule has 1 heterocycles. The van der Waals surface area contributed by atoms with Gasteiger partial charge in [0.1, 0.15) is 6.04 Å². The first-order valence-corrected chi connectivity index (χ1v) is 11.0. The molecular formula is C26H34N2O3. The van der Waals surface area contributed by atoms with E-state index in [4.69, 9.17) is 0 Å². The molecule has 5 nitrogen and oxygen atoms in total. The molecule has 2 atom stereocenters. The molecule has 166 valence electrons. The molecule has 1 fully saturated rings. The van der Waals surface area contributed by atoms with Gasteiger partial charge in [-0.25, -0.2) is 0 Å². The molecule has 1 aliphatic rings. The number of aliphatic hydroxyl groups is 1. The van der Waals surface area contributed by atoms with E-state index in [2.05, 4.69) is 5.32 Å². The molecule has 2 amide bonds. The maximum absolute atomic E-state index is 13.4. The Hall–Kier alpha value is -2.66. The van der Waals surface area contributed by atoms with Crippen molar-refractivity contribution in [1.82, 2.24) is 10.2 Å². The first kappa shape index (κ1) is 23.0. The van der Waals surface area contributed by atoms with Crippen molar-refractivity contribution in [2.45, 2.75) is 52.7 Å². The summed E-state index contributed by atoms with van der Waals surface area (Å²) in [5.41, 5.74) is 1.01. The summed E-state index contributed by atoms with van der Waals surface area (Å²) in [5.74, 6) is -0.403. The fourth-order valence-corrected chi connectivity index (χ4v) is 4.40. The second-order valence-electron chi connectivity index (χ2n) is 9.68. The van der Waals surface area contributed by atoms with Crippen LogP contribution in [0.4, 0.5) is 0 Å². The summed E-state index contributed by atoms with van der Waals surface area (Å²) in [5, 5.41) is 14.5. The first-order chi connectivity index (χ1) is 14.5.